The lowest BCUT2D eigenvalue weighted by Crippen LogP contribution is -2.42. The van der Waals surface area contributed by atoms with E-state index in [2.05, 4.69) is 22.4 Å². The second-order valence-corrected chi connectivity index (χ2v) is 4.90. The lowest BCUT2D eigenvalue weighted by molar-refractivity contribution is 0.442. The molecule has 4 heteroatoms. The number of hydrogen-bond donors (Lipinski definition) is 2. The first-order valence-electron chi connectivity index (χ1n) is 6.59. The number of amidine groups is 1. The van der Waals surface area contributed by atoms with E-state index in [1.807, 2.05) is 12.1 Å². The van der Waals surface area contributed by atoms with E-state index in [4.69, 9.17) is 4.99 Å². The van der Waals surface area contributed by atoms with Crippen LogP contribution in [0.1, 0.15) is 43.4 Å². The molecule has 94 valence electrons. The zero-order valence-corrected chi connectivity index (χ0v) is 10.4. The fourth-order valence-corrected chi connectivity index (χ4v) is 2.58. The monoisotopic (exact) mass is 242 g/mol. The van der Waals surface area contributed by atoms with Crippen molar-refractivity contribution >= 4 is 11.5 Å². The van der Waals surface area contributed by atoms with Gasteiger partial charge in [-0.15, -0.1) is 0 Å². The molecule has 0 atom stereocenters. The molecule has 18 heavy (non-hydrogen) atoms. The molecule has 1 fully saturated rings. The third-order valence-corrected chi connectivity index (χ3v) is 3.58. The summed E-state index contributed by atoms with van der Waals surface area (Å²) >= 11 is 0. The molecule has 0 saturated heterocycles. The average molecular weight is 242 g/mol. The van der Waals surface area contributed by atoms with Gasteiger partial charge in [0.15, 0.2) is 5.84 Å². The number of aliphatic imine (C=N–C) groups is 1. The Bertz CT molecular complexity index is 486. The van der Waals surface area contributed by atoms with Crippen molar-refractivity contribution in [3.8, 4) is 0 Å². The molecule has 0 aromatic carbocycles. The van der Waals surface area contributed by atoms with Crippen LogP contribution in [0.5, 0.6) is 0 Å². The molecule has 1 aromatic heterocycles. The van der Waals surface area contributed by atoms with Gasteiger partial charge >= 0.3 is 0 Å². The SMILES string of the molecule is C=C1NNC(=NC2CCCCC2)c2ncccc21. The Hall–Kier alpha value is -1.84. The van der Waals surface area contributed by atoms with E-state index in [9.17, 15) is 0 Å². The fraction of sp³-hybridized carbons (Fsp3) is 0.429. The smallest absolute Gasteiger partial charge is 0.167 e. The fourth-order valence-electron chi connectivity index (χ4n) is 2.58. The molecule has 1 aliphatic heterocycles. The number of nitrogens with one attached hydrogen (secondary N) is 2. The van der Waals surface area contributed by atoms with Crippen molar-refractivity contribution < 1.29 is 0 Å². The second-order valence-electron chi connectivity index (χ2n) is 4.90. The maximum absolute atomic E-state index is 4.81. The molecule has 0 bridgehead atoms. The second kappa shape index (κ2) is 4.80. The van der Waals surface area contributed by atoms with Crippen LogP contribution in [-0.2, 0) is 0 Å². The summed E-state index contributed by atoms with van der Waals surface area (Å²) in [4.78, 5) is 9.23. The molecule has 0 radical (unpaired) electrons. The Morgan fingerprint density at radius 2 is 2.06 bits per heavy atom. The number of aromatic nitrogens is 1. The van der Waals surface area contributed by atoms with Gasteiger partial charge in [0.25, 0.3) is 0 Å². The molecule has 2 N–H and O–H groups in total. The Morgan fingerprint density at radius 3 is 2.89 bits per heavy atom. The highest BCUT2D eigenvalue weighted by molar-refractivity contribution is 6.03. The zero-order valence-electron chi connectivity index (χ0n) is 10.4. The normalized spacial score (nSPS) is 22.2. The van der Waals surface area contributed by atoms with E-state index in [1.165, 1.54) is 32.1 Å². The van der Waals surface area contributed by atoms with Crippen LogP contribution < -0.4 is 10.9 Å². The Balaban J connectivity index is 1.91. The molecule has 4 nitrogen and oxygen atoms in total. The zero-order chi connectivity index (χ0) is 12.4. The van der Waals surface area contributed by atoms with Crippen LogP contribution in [0.3, 0.4) is 0 Å². The molecule has 2 heterocycles. The summed E-state index contributed by atoms with van der Waals surface area (Å²) in [6, 6.07) is 4.38. The Labute approximate surface area is 107 Å². The van der Waals surface area contributed by atoms with E-state index in [0.29, 0.717) is 6.04 Å². The Morgan fingerprint density at radius 1 is 1.22 bits per heavy atom. The van der Waals surface area contributed by atoms with Gasteiger partial charge in [-0.3, -0.25) is 20.8 Å². The highest BCUT2D eigenvalue weighted by atomic mass is 15.4. The van der Waals surface area contributed by atoms with Crippen LogP contribution in [-0.4, -0.2) is 16.9 Å². The molecular formula is C14H18N4. The van der Waals surface area contributed by atoms with Crippen molar-refractivity contribution in [2.24, 2.45) is 4.99 Å². The van der Waals surface area contributed by atoms with Crippen molar-refractivity contribution in [2.45, 2.75) is 38.1 Å². The minimum absolute atomic E-state index is 0.435. The van der Waals surface area contributed by atoms with Crippen molar-refractivity contribution in [3.63, 3.8) is 0 Å². The standard InChI is InChI=1S/C14H18N4/c1-10-12-8-5-9-15-13(12)14(18-17-10)16-11-6-3-2-4-7-11/h5,8-9,11,17H,1-4,6-7H2,(H,16,18). The number of hydrogen-bond acceptors (Lipinski definition) is 3. The molecule has 0 amide bonds. The van der Waals surface area contributed by atoms with Gasteiger partial charge in [-0.25, -0.2) is 0 Å². The van der Waals surface area contributed by atoms with Crippen LogP contribution in [0.4, 0.5) is 0 Å². The molecule has 1 saturated carbocycles. The summed E-state index contributed by atoms with van der Waals surface area (Å²) < 4.78 is 0. The summed E-state index contributed by atoms with van der Waals surface area (Å²) in [6.07, 6.45) is 8.10. The van der Waals surface area contributed by atoms with E-state index >= 15 is 0 Å². The summed E-state index contributed by atoms with van der Waals surface area (Å²) in [5, 5.41) is 0. The topological polar surface area (TPSA) is 49.3 Å². The quantitative estimate of drug-likeness (QED) is 0.794. The minimum atomic E-state index is 0.435. The van der Waals surface area contributed by atoms with E-state index in [1.54, 1.807) is 6.20 Å². The predicted molar refractivity (Wildman–Crippen MR) is 73.0 cm³/mol. The molecule has 1 aromatic rings. The third-order valence-electron chi connectivity index (χ3n) is 3.58. The molecule has 3 rings (SSSR count). The molecule has 0 spiro atoms. The van der Waals surface area contributed by atoms with E-state index in [-0.39, 0.29) is 0 Å². The first kappa shape index (κ1) is 11.3. The summed E-state index contributed by atoms with van der Waals surface area (Å²) in [5.41, 5.74) is 8.96. The lowest BCUT2D eigenvalue weighted by Gasteiger charge is -2.25. The average Bonchev–Trinajstić information content (AvgIpc) is 2.44. The third kappa shape index (κ3) is 2.10. The van der Waals surface area contributed by atoms with Crippen molar-refractivity contribution in [3.05, 3.63) is 36.2 Å². The van der Waals surface area contributed by atoms with Crippen LogP contribution in [0, 0.1) is 0 Å². The first-order chi connectivity index (χ1) is 8.84. The number of fused-ring (bicyclic) bond motifs is 1. The number of nitrogens with zero attached hydrogens (tertiary/aromatic N) is 2. The van der Waals surface area contributed by atoms with Crippen LogP contribution in [0.25, 0.3) is 5.70 Å². The Kier molecular flexibility index (Phi) is 3.00. The van der Waals surface area contributed by atoms with Gasteiger partial charge in [0.2, 0.25) is 0 Å². The molecule has 0 unspecified atom stereocenters. The van der Waals surface area contributed by atoms with Crippen LogP contribution >= 0.6 is 0 Å². The van der Waals surface area contributed by atoms with Crippen molar-refractivity contribution in [2.75, 3.05) is 0 Å². The molecule has 2 aliphatic rings. The maximum atomic E-state index is 4.81. The molecular weight excluding hydrogens is 224 g/mol. The van der Waals surface area contributed by atoms with Crippen molar-refractivity contribution in [1.29, 1.82) is 0 Å². The lowest BCUT2D eigenvalue weighted by atomic mass is 9.96. The number of rotatable bonds is 1. The first-order valence-corrected chi connectivity index (χ1v) is 6.59. The van der Waals surface area contributed by atoms with E-state index < -0.39 is 0 Å². The maximum Gasteiger partial charge on any atom is 0.167 e. The molecule has 1 aliphatic carbocycles. The number of pyridine rings is 1. The van der Waals surface area contributed by atoms with Gasteiger partial charge < -0.3 is 0 Å². The summed E-state index contributed by atoms with van der Waals surface area (Å²) in [6.45, 7) is 3.97. The highest BCUT2D eigenvalue weighted by Crippen LogP contribution is 2.22. The van der Waals surface area contributed by atoms with Gasteiger partial charge in [-0.2, -0.15) is 0 Å². The minimum Gasteiger partial charge on any atom is -0.300 e. The largest absolute Gasteiger partial charge is 0.300 e. The highest BCUT2D eigenvalue weighted by Gasteiger charge is 2.20. The van der Waals surface area contributed by atoms with E-state index in [0.717, 1.165) is 22.8 Å². The van der Waals surface area contributed by atoms with Crippen LogP contribution in [0.2, 0.25) is 0 Å². The van der Waals surface area contributed by atoms with Crippen LogP contribution in [0.15, 0.2) is 29.9 Å². The van der Waals surface area contributed by atoms with Gasteiger partial charge in [0, 0.05) is 11.8 Å². The van der Waals surface area contributed by atoms with Gasteiger partial charge in [0.1, 0.15) is 5.69 Å². The predicted octanol–water partition coefficient (Wildman–Crippen LogP) is 2.24. The van der Waals surface area contributed by atoms with Gasteiger partial charge in [0.05, 0.1) is 11.7 Å². The number of hydrazine groups is 1. The van der Waals surface area contributed by atoms with Gasteiger partial charge in [-0.1, -0.05) is 25.8 Å². The summed E-state index contributed by atoms with van der Waals surface area (Å²) in [5.74, 6) is 0.852. The van der Waals surface area contributed by atoms with Gasteiger partial charge in [-0.05, 0) is 25.0 Å². The van der Waals surface area contributed by atoms with Crippen molar-refractivity contribution in [1.82, 2.24) is 15.8 Å². The summed E-state index contributed by atoms with van der Waals surface area (Å²) in [7, 11) is 0.